The van der Waals surface area contributed by atoms with Crippen molar-refractivity contribution >= 4 is 5.97 Å². The van der Waals surface area contributed by atoms with E-state index < -0.39 is 5.97 Å². The number of aliphatic hydroxyl groups excluding tert-OH is 6. The zero-order valence-electron chi connectivity index (χ0n) is 28.1. The van der Waals surface area contributed by atoms with Gasteiger partial charge in [0.15, 0.2) is 0 Å². The Kier molecular flexibility index (Phi) is 43.2. The predicted molar refractivity (Wildman–Crippen MR) is 169 cm³/mol. The molecule has 0 radical (unpaired) electrons. The standard InChI is InChI=1S/C18H36O2.2C7H18NO3.ClH/c1-2-3-4-5-6-7-8-9-10-11-12-13-14-15-16-17-18(19)20;2*1-8(2-5-9,3-6-10)4-7-11;/h2-17H2,1H3,(H,19,20);2*9-11H,2-7H2,1H3;1H/q;2*+1;/p-2. The number of unbranched alkanes of at least 4 members (excludes halogenated alkanes) is 14. The zero-order valence-corrected chi connectivity index (χ0v) is 28.8. The number of carbonyl (C=O) groups is 1. The first-order valence-electron chi connectivity index (χ1n) is 16.7. The van der Waals surface area contributed by atoms with Crippen molar-refractivity contribution in [2.24, 2.45) is 0 Å². The quantitative estimate of drug-likeness (QED) is 0.0458. The van der Waals surface area contributed by atoms with Crippen molar-refractivity contribution in [3.8, 4) is 0 Å². The van der Waals surface area contributed by atoms with Gasteiger partial charge in [0.05, 0.1) is 53.7 Å². The van der Waals surface area contributed by atoms with Crippen LogP contribution in [0.15, 0.2) is 0 Å². The first-order valence-corrected chi connectivity index (χ1v) is 16.7. The topological polar surface area (TPSA) is 162 Å². The Balaban J connectivity index is -0.000000283. The van der Waals surface area contributed by atoms with Crippen molar-refractivity contribution in [3.05, 3.63) is 0 Å². The van der Waals surface area contributed by atoms with Crippen LogP contribution in [0.5, 0.6) is 0 Å². The van der Waals surface area contributed by atoms with E-state index in [2.05, 4.69) is 6.92 Å². The first kappa shape index (κ1) is 49.3. The number of carbonyl (C=O) groups excluding carboxylic acids is 1. The maximum Gasteiger partial charge on any atom is 0.102 e. The molecule has 0 saturated carbocycles. The molecule has 0 saturated heterocycles. The lowest BCUT2D eigenvalue weighted by Crippen LogP contribution is -3.00. The molecule has 0 bridgehead atoms. The number of aliphatic carboxylic acids is 1. The van der Waals surface area contributed by atoms with Crippen LogP contribution < -0.4 is 17.5 Å². The van der Waals surface area contributed by atoms with Gasteiger partial charge in [-0.3, -0.25) is 0 Å². The molecule has 0 unspecified atom stereocenters. The maximum absolute atomic E-state index is 10.2. The van der Waals surface area contributed by atoms with E-state index >= 15 is 0 Å². The van der Waals surface area contributed by atoms with Crippen molar-refractivity contribution in [2.45, 2.75) is 110 Å². The van der Waals surface area contributed by atoms with Gasteiger partial charge in [0.1, 0.15) is 39.3 Å². The summed E-state index contributed by atoms with van der Waals surface area (Å²) in [5.74, 6) is -0.903. The summed E-state index contributed by atoms with van der Waals surface area (Å²) in [6, 6.07) is 0. The van der Waals surface area contributed by atoms with Crippen LogP contribution in [0.1, 0.15) is 110 Å². The number of aliphatic hydroxyl groups is 6. The van der Waals surface area contributed by atoms with Crippen molar-refractivity contribution < 1.29 is 61.9 Å². The average Bonchev–Trinajstić information content (AvgIpc) is 2.92. The van der Waals surface area contributed by atoms with Gasteiger partial charge < -0.3 is 61.9 Å². The second-order valence-electron chi connectivity index (χ2n) is 12.0. The summed E-state index contributed by atoms with van der Waals surface area (Å²) in [6.45, 7) is 6.34. The van der Waals surface area contributed by atoms with Gasteiger partial charge in [0.2, 0.25) is 0 Å². The third-order valence-electron chi connectivity index (χ3n) is 7.82. The molecule has 0 heterocycles. The number of hydrogen-bond acceptors (Lipinski definition) is 8. The van der Waals surface area contributed by atoms with Gasteiger partial charge in [-0.1, -0.05) is 96.8 Å². The predicted octanol–water partition coefficient (Wildman–Crippen LogP) is -1.18. The van der Waals surface area contributed by atoms with Gasteiger partial charge in [0, 0.05) is 5.97 Å². The number of nitrogens with zero attached hydrogens (tertiary/aromatic N) is 2. The van der Waals surface area contributed by atoms with Gasteiger partial charge in [-0.2, -0.15) is 0 Å². The van der Waals surface area contributed by atoms with Crippen LogP contribution in [-0.4, -0.2) is 139 Å². The molecule has 0 aromatic carbocycles. The van der Waals surface area contributed by atoms with E-state index in [4.69, 9.17) is 30.6 Å². The van der Waals surface area contributed by atoms with Gasteiger partial charge in [-0.25, -0.2) is 0 Å². The molecule has 0 aliphatic carbocycles. The Bertz CT molecular complexity index is 489. The fourth-order valence-corrected chi connectivity index (χ4v) is 4.76. The Hall–Kier alpha value is -0.560. The molecule has 10 nitrogen and oxygen atoms in total. The highest BCUT2D eigenvalue weighted by Gasteiger charge is 2.19. The van der Waals surface area contributed by atoms with Crippen LogP contribution in [0.2, 0.25) is 0 Å². The van der Waals surface area contributed by atoms with E-state index in [0.717, 1.165) is 12.8 Å². The van der Waals surface area contributed by atoms with E-state index in [1.54, 1.807) is 0 Å². The summed E-state index contributed by atoms with van der Waals surface area (Å²) in [6.07, 6.45) is 19.9. The molecule has 0 fully saturated rings. The van der Waals surface area contributed by atoms with Crippen molar-refractivity contribution in [2.75, 3.05) is 93.0 Å². The van der Waals surface area contributed by atoms with E-state index in [1.165, 1.54) is 83.5 Å². The van der Waals surface area contributed by atoms with Crippen LogP contribution in [0.4, 0.5) is 0 Å². The van der Waals surface area contributed by atoms with Crippen LogP contribution in [-0.2, 0) is 4.79 Å². The monoisotopic (exact) mass is 646 g/mol. The molecular formula is C32H71ClN2O8. The summed E-state index contributed by atoms with van der Waals surface area (Å²) in [5, 5.41) is 62.3. The molecule has 6 N–H and O–H groups in total. The minimum absolute atomic E-state index is 0. The number of carboxylic acid groups (broad SMARTS) is 1. The van der Waals surface area contributed by atoms with E-state index in [0.29, 0.717) is 48.2 Å². The molecule has 0 atom stereocenters. The number of halogens is 1. The molecule has 0 aliphatic rings. The Morgan fingerprint density at radius 2 is 0.674 bits per heavy atom. The molecule has 0 aromatic rings. The minimum atomic E-state index is -0.903. The average molecular weight is 647 g/mol. The van der Waals surface area contributed by atoms with Crippen molar-refractivity contribution in [1.29, 1.82) is 0 Å². The van der Waals surface area contributed by atoms with Gasteiger partial charge in [-0.05, 0) is 12.8 Å². The number of carboxylic acids is 1. The third kappa shape index (κ3) is 39.4. The number of likely N-dealkylation sites (N-methyl/N-ethyl adjacent to an activating group) is 2. The van der Waals surface area contributed by atoms with Crippen molar-refractivity contribution in [1.82, 2.24) is 0 Å². The fourth-order valence-electron chi connectivity index (χ4n) is 4.76. The Morgan fingerprint density at radius 1 is 0.465 bits per heavy atom. The maximum atomic E-state index is 10.2. The van der Waals surface area contributed by atoms with Crippen molar-refractivity contribution in [3.63, 3.8) is 0 Å². The second kappa shape index (κ2) is 37.6. The highest BCUT2D eigenvalue weighted by molar-refractivity contribution is 5.64. The molecule has 0 aromatic heterocycles. The number of quaternary nitrogens is 2. The second-order valence-corrected chi connectivity index (χ2v) is 12.0. The zero-order chi connectivity index (χ0) is 32.4. The molecule has 11 heteroatoms. The third-order valence-corrected chi connectivity index (χ3v) is 7.82. The first-order chi connectivity index (χ1) is 20.1. The fraction of sp³-hybridized carbons (Fsp3) is 0.969. The van der Waals surface area contributed by atoms with E-state index in [-0.39, 0.29) is 58.5 Å². The largest absolute Gasteiger partial charge is 1.00 e. The van der Waals surface area contributed by atoms with Gasteiger partial charge in [-0.15, -0.1) is 0 Å². The van der Waals surface area contributed by atoms with Crippen LogP contribution in [0, 0.1) is 0 Å². The highest BCUT2D eigenvalue weighted by Crippen LogP contribution is 2.13. The van der Waals surface area contributed by atoms with E-state index in [9.17, 15) is 9.90 Å². The normalized spacial score (nSPS) is 11.2. The number of rotatable bonds is 28. The molecule has 264 valence electrons. The molecule has 0 amide bonds. The van der Waals surface area contributed by atoms with Crippen LogP contribution in [0.3, 0.4) is 0 Å². The Labute approximate surface area is 270 Å². The van der Waals surface area contributed by atoms with Crippen LogP contribution >= 0.6 is 0 Å². The van der Waals surface area contributed by atoms with Gasteiger partial charge >= 0.3 is 0 Å². The molecule has 0 aliphatic heterocycles. The minimum Gasteiger partial charge on any atom is -1.00 e. The lowest BCUT2D eigenvalue weighted by molar-refractivity contribution is -0.910. The summed E-state index contributed by atoms with van der Waals surface area (Å²) >= 11 is 0. The summed E-state index contributed by atoms with van der Waals surface area (Å²) in [4.78, 5) is 10.2. The Morgan fingerprint density at radius 3 is 0.860 bits per heavy atom. The van der Waals surface area contributed by atoms with Crippen LogP contribution in [0.25, 0.3) is 0 Å². The molecular weight excluding hydrogens is 576 g/mol. The lowest BCUT2D eigenvalue weighted by Gasteiger charge is -2.32. The van der Waals surface area contributed by atoms with E-state index in [1.807, 2.05) is 14.1 Å². The lowest BCUT2D eigenvalue weighted by atomic mass is 10.0. The summed E-state index contributed by atoms with van der Waals surface area (Å²) in [5.41, 5.74) is 0. The smallest absolute Gasteiger partial charge is 0.102 e. The molecule has 0 rings (SSSR count). The number of hydrogen-bond donors (Lipinski definition) is 6. The van der Waals surface area contributed by atoms with Gasteiger partial charge in [0.25, 0.3) is 0 Å². The SMILES string of the molecule is CCCCCCCCCCCCCCCCCC(=O)[O-].C[N+](CCO)(CCO)CCO.C[N+](CCO)(CCO)CCO.[Cl-]. The summed E-state index contributed by atoms with van der Waals surface area (Å²) in [7, 11) is 3.81. The summed E-state index contributed by atoms with van der Waals surface area (Å²) < 4.78 is 1.06. The molecule has 43 heavy (non-hydrogen) atoms. The highest BCUT2D eigenvalue weighted by atomic mass is 35.5. The molecule has 0 spiro atoms.